The van der Waals surface area contributed by atoms with Crippen LogP contribution in [0.1, 0.15) is 59.3 Å². The summed E-state index contributed by atoms with van der Waals surface area (Å²) in [7, 11) is 0. The first kappa shape index (κ1) is 13.4. The Bertz CT molecular complexity index is 354. The Balaban J connectivity index is 1.66. The lowest BCUT2D eigenvalue weighted by Gasteiger charge is -2.33. The Labute approximate surface area is 117 Å². The molecule has 3 nitrogen and oxygen atoms in total. The van der Waals surface area contributed by atoms with Crippen molar-refractivity contribution in [2.75, 3.05) is 6.54 Å². The molecule has 1 unspecified atom stereocenters. The van der Waals surface area contributed by atoms with Crippen LogP contribution in [-0.4, -0.2) is 29.1 Å². The molecule has 1 spiro atoms. The first-order chi connectivity index (χ1) is 9.02. The van der Waals surface area contributed by atoms with E-state index < -0.39 is 0 Å². The summed E-state index contributed by atoms with van der Waals surface area (Å²) in [6.45, 7) is 7.79. The molecule has 19 heavy (non-hydrogen) atoms. The van der Waals surface area contributed by atoms with Crippen molar-refractivity contribution in [1.29, 1.82) is 0 Å². The highest BCUT2D eigenvalue weighted by atomic mass is 16.2. The van der Waals surface area contributed by atoms with Crippen LogP contribution >= 0.6 is 0 Å². The molecule has 0 radical (unpaired) electrons. The van der Waals surface area contributed by atoms with Crippen LogP contribution in [0.15, 0.2) is 0 Å². The summed E-state index contributed by atoms with van der Waals surface area (Å²) in [5.41, 5.74) is -0.142. The third-order valence-electron chi connectivity index (χ3n) is 5.40. The van der Waals surface area contributed by atoms with Crippen molar-refractivity contribution in [3.05, 3.63) is 0 Å². The van der Waals surface area contributed by atoms with Gasteiger partial charge >= 0.3 is 0 Å². The molecule has 2 saturated carbocycles. The van der Waals surface area contributed by atoms with Gasteiger partial charge in [-0.1, -0.05) is 33.6 Å². The monoisotopic (exact) mass is 264 g/mol. The van der Waals surface area contributed by atoms with Gasteiger partial charge in [0, 0.05) is 6.54 Å². The summed E-state index contributed by atoms with van der Waals surface area (Å²) in [5.74, 6) is 2.52. The normalized spacial score (nSPS) is 37.4. The standard InChI is InChI=1S/C16H28N2O/c1-11(2)14-17-16(8-9-16)15(19)18(14)10-13-6-4-12(3)5-7-13/h11-14,17H,4-10H2,1-3H3. The van der Waals surface area contributed by atoms with E-state index in [0.717, 1.165) is 31.2 Å². The van der Waals surface area contributed by atoms with Gasteiger partial charge in [-0.3, -0.25) is 10.1 Å². The predicted octanol–water partition coefficient (Wildman–Crippen LogP) is 2.76. The molecule has 1 saturated heterocycles. The van der Waals surface area contributed by atoms with Crippen LogP contribution in [0.3, 0.4) is 0 Å². The molecule has 1 N–H and O–H groups in total. The fourth-order valence-corrected chi connectivity index (χ4v) is 3.82. The zero-order valence-corrected chi connectivity index (χ0v) is 12.6. The van der Waals surface area contributed by atoms with Crippen LogP contribution in [0.25, 0.3) is 0 Å². The van der Waals surface area contributed by atoms with Crippen molar-refractivity contribution in [1.82, 2.24) is 10.2 Å². The van der Waals surface area contributed by atoms with Gasteiger partial charge in [-0.05, 0) is 43.4 Å². The van der Waals surface area contributed by atoms with E-state index in [1.165, 1.54) is 25.7 Å². The van der Waals surface area contributed by atoms with Crippen LogP contribution < -0.4 is 5.32 Å². The van der Waals surface area contributed by atoms with Gasteiger partial charge in [0.2, 0.25) is 5.91 Å². The lowest BCUT2D eigenvalue weighted by molar-refractivity contribution is -0.132. The predicted molar refractivity (Wildman–Crippen MR) is 76.6 cm³/mol. The molecule has 0 aromatic carbocycles. The summed E-state index contributed by atoms with van der Waals surface area (Å²) in [5, 5.41) is 3.62. The molecule has 3 aliphatic rings. The average Bonchev–Trinajstić information content (AvgIpc) is 3.10. The number of carbonyl (C=O) groups is 1. The van der Waals surface area contributed by atoms with E-state index in [1.54, 1.807) is 0 Å². The van der Waals surface area contributed by atoms with Crippen molar-refractivity contribution in [2.24, 2.45) is 17.8 Å². The van der Waals surface area contributed by atoms with Crippen molar-refractivity contribution in [3.63, 3.8) is 0 Å². The third kappa shape index (κ3) is 2.42. The first-order valence-electron chi connectivity index (χ1n) is 8.10. The Morgan fingerprint density at radius 3 is 2.42 bits per heavy atom. The van der Waals surface area contributed by atoms with Gasteiger partial charge in [0.15, 0.2) is 0 Å². The fraction of sp³-hybridized carbons (Fsp3) is 0.938. The highest BCUT2D eigenvalue weighted by molar-refractivity contribution is 5.91. The number of amides is 1. The topological polar surface area (TPSA) is 32.3 Å². The van der Waals surface area contributed by atoms with E-state index in [2.05, 4.69) is 31.0 Å². The quantitative estimate of drug-likeness (QED) is 0.850. The van der Waals surface area contributed by atoms with Crippen molar-refractivity contribution in [2.45, 2.75) is 71.0 Å². The zero-order chi connectivity index (χ0) is 13.6. The maximum absolute atomic E-state index is 12.6. The van der Waals surface area contributed by atoms with Crippen LogP contribution in [0, 0.1) is 17.8 Å². The average molecular weight is 264 g/mol. The molecular formula is C16H28N2O. The number of hydrogen-bond donors (Lipinski definition) is 1. The Kier molecular flexibility index (Phi) is 3.36. The minimum absolute atomic E-state index is 0.142. The molecule has 3 fully saturated rings. The highest BCUT2D eigenvalue weighted by Crippen LogP contribution is 2.44. The molecule has 0 aromatic heterocycles. The van der Waals surface area contributed by atoms with Gasteiger partial charge in [0.25, 0.3) is 0 Å². The van der Waals surface area contributed by atoms with E-state index >= 15 is 0 Å². The maximum Gasteiger partial charge on any atom is 0.244 e. The first-order valence-corrected chi connectivity index (χ1v) is 8.10. The smallest absolute Gasteiger partial charge is 0.244 e. The van der Waals surface area contributed by atoms with E-state index in [-0.39, 0.29) is 11.7 Å². The lowest BCUT2D eigenvalue weighted by atomic mass is 9.82. The fourth-order valence-electron chi connectivity index (χ4n) is 3.82. The van der Waals surface area contributed by atoms with Gasteiger partial charge in [-0.25, -0.2) is 0 Å². The zero-order valence-electron chi connectivity index (χ0n) is 12.6. The lowest BCUT2D eigenvalue weighted by Crippen LogP contribution is -2.44. The van der Waals surface area contributed by atoms with Gasteiger partial charge in [0.05, 0.1) is 11.7 Å². The van der Waals surface area contributed by atoms with E-state index in [0.29, 0.717) is 11.8 Å². The third-order valence-corrected chi connectivity index (χ3v) is 5.40. The number of carbonyl (C=O) groups excluding carboxylic acids is 1. The molecule has 1 aliphatic heterocycles. The second-order valence-corrected chi connectivity index (χ2v) is 7.50. The summed E-state index contributed by atoms with van der Waals surface area (Å²) < 4.78 is 0. The van der Waals surface area contributed by atoms with Crippen LogP contribution in [0.4, 0.5) is 0 Å². The molecule has 3 heteroatoms. The molecule has 108 valence electrons. The second kappa shape index (κ2) is 4.76. The van der Waals surface area contributed by atoms with Crippen molar-refractivity contribution >= 4 is 5.91 Å². The Morgan fingerprint density at radius 1 is 1.26 bits per heavy atom. The molecule has 1 heterocycles. The number of nitrogens with zero attached hydrogens (tertiary/aromatic N) is 1. The van der Waals surface area contributed by atoms with Gasteiger partial charge in [-0.15, -0.1) is 0 Å². The second-order valence-electron chi connectivity index (χ2n) is 7.50. The molecular weight excluding hydrogens is 236 g/mol. The van der Waals surface area contributed by atoms with E-state index in [4.69, 9.17) is 0 Å². The van der Waals surface area contributed by atoms with Gasteiger partial charge in [-0.2, -0.15) is 0 Å². The Hall–Kier alpha value is -0.570. The molecule has 1 atom stereocenters. The summed E-state index contributed by atoms with van der Waals surface area (Å²) in [4.78, 5) is 14.8. The molecule has 2 aliphatic carbocycles. The van der Waals surface area contributed by atoms with Crippen molar-refractivity contribution in [3.8, 4) is 0 Å². The minimum Gasteiger partial charge on any atom is -0.325 e. The molecule has 0 aromatic rings. The van der Waals surface area contributed by atoms with E-state index in [1.807, 2.05) is 0 Å². The van der Waals surface area contributed by atoms with Crippen LogP contribution in [-0.2, 0) is 4.79 Å². The van der Waals surface area contributed by atoms with Crippen LogP contribution in [0.2, 0.25) is 0 Å². The van der Waals surface area contributed by atoms with Gasteiger partial charge < -0.3 is 4.90 Å². The van der Waals surface area contributed by atoms with E-state index in [9.17, 15) is 4.79 Å². The SMILES string of the molecule is CC1CCC(CN2C(=O)C3(CC3)NC2C(C)C)CC1. The summed E-state index contributed by atoms with van der Waals surface area (Å²) >= 11 is 0. The number of nitrogens with one attached hydrogen (secondary N) is 1. The largest absolute Gasteiger partial charge is 0.325 e. The molecule has 1 amide bonds. The molecule has 0 bridgehead atoms. The highest BCUT2D eigenvalue weighted by Gasteiger charge is 2.59. The summed E-state index contributed by atoms with van der Waals surface area (Å²) in [6, 6.07) is 0. The maximum atomic E-state index is 12.6. The number of rotatable bonds is 3. The summed E-state index contributed by atoms with van der Waals surface area (Å²) in [6.07, 6.45) is 7.68. The van der Waals surface area contributed by atoms with Crippen molar-refractivity contribution < 1.29 is 4.79 Å². The minimum atomic E-state index is -0.142. The Morgan fingerprint density at radius 2 is 1.89 bits per heavy atom. The number of hydrogen-bond acceptors (Lipinski definition) is 2. The van der Waals surface area contributed by atoms with Gasteiger partial charge in [0.1, 0.15) is 0 Å². The van der Waals surface area contributed by atoms with Crippen LogP contribution in [0.5, 0.6) is 0 Å². The molecule has 3 rings (SSSR count).